The average molecular weight is 219 g/mol. The Morgan fingerprint density at radius 1 is 1.82 bits per heavy atom. The van der Waals surface area contributed by atoms with Crippen molar-refractivity contribution in [2.24, 2.45) is 0 Å². The zero-order valence-electron chi connectivity index (χ0n) is 5.93. The summed E-state index contributed by atoms with van der Waals surface area (Å²) in [6.45, 7) is 0.418. The molecule has 1 rings (SSSR count). The predicted octanol–water partition coefficient (Wildman–Crippen LogP) is 1.13. The van der Waals surface area contributed by atoms with Crippen molar-refractivity contribution in [2.75, 3.05) is 7.11 Å². The van der Waals surface area contributed by atoms with Gasteiger partial charge >= 0.3 is 0 Å². The lowest BCUT2D eigenvalue weighted by Gasteiger charge is -1.92. The van der Waals surface area contributed by atoms with Crippen molar-refractivity contribution < 1.29 is 9.53 Å². The molecule has 1 aromatic rings. The molecule has 0 radical (unpaired) electrons. The average Bonchev–Trinajstić information content (AvgIpc) is 2.33. The Kier molecular flexibility index (Phi) is 2.78. The molecule has 60 valence electrons. The molecule has 0 atom stereocenters. The molecule has 0 saturated carbocycles. The van der Waals surface area contributed by atoms with Crippen LogP contribution in [-0.4, -0.2) is 23.4 Å². The summed E-state index contributed by atoms with van der Waals surface area (Å²) in [7, 11) is 1.58. The summed E-state index contributed by atoms with van der Waals surface area (Å²) in [6, 6.07) is 0. The first-order valence-electron chi connectivity index (χ1n) is 2.96. The second-order valence-electron chi connectivity index (χ2n) is 1.94. The third kappa shape index (κ3) is 1.87. The van der Waals surface area contributed by atoms with E-state index >= 15 is 0 Å². The van der Waals surface area contributed by atoms with Crippen molar-refractivity contribution in [2.45, 2.75) is 6.61 Å². The molecule has 11 heavy (non-hydrogen) atoms. The fraction of sp³-hybridized carbons (Fsp3) is 0.333. The summed E-state index contributed by atoms with van der Waals surface area (Å²) in [5, 5.41) is 0. The van der Waals surface area contributed by atoms with Gasteiger partial charge in [0.1, 0.15) is 4.60 Å². The first kappa shape index (κ1) is 8.42. The molecule has 0 amide bonds. The lowest BCUT2D eigenvalue weighted by molar-refractivity contribution is 0.111. The number of aldehydes is 1. The minimum Gasteiger partial charge on any atom is -0.378 e. The number of carbonyl (C=O) groups excluding carboxylic acids is 1. The van der Waals surface area contributed by atoms with E-state index in [1.807, 2.05) is 0 Å². The molecule has 0 fully saturated rings. The van der Waals surface area contributed by atoms with E-state index in [9.17, 15) is 4.79 Å². The number of hydrogen-bond donors (Lipinski definition) is 1. The van der Waals surface area contributed by atoms with Crippen molar-refractivity contribution in [3.63, 3.8) is 0 Å². The number of nitrogens with one attached hydrogen (secondary N) is 1. The van der Waals surface area contributed by atoms with Crippen LogP contribution in [0.5, 0.6) is 0 Å². The molecule has 5 heteroatoms. The number of ether oxygens (including phenoxy) is 1. The van der Waals surface area contributed by atoms with Crippen LogP contribution in [-0.2, 0) is 11.3 Å². The van der Waals surface area contributed by atoms with Crippen LogP contribution in [0.15, 0.2) is 4.60 Å². The maximum atomic E-state index is 10.2. The number of aromatic amines is 1. The fourth-order valence-corrected chi connectivity index (χ4v) is 1.11. The highest BCUT2D eigenvalue weighted by atomic mass is 79.9. The minimum absolute atomic E-state index is 0.309. The zero-order valence-corrected chi connectivity index (χ0v) is 7.51. The predicted molar refractivity (Wildman–Crippen MR) is 42.4 cm³/mol. The van der Waals surface area contributed by atoms with Crippen LogP contribution in [0.3, 0.4) is 0 Å². The van der Waals surface area contributed by atoms with E-state index in [0.29, 0.717) is 23.3 Å². The van der Waals surface area contributed by atoms with Gasteiger partial charge in [-0.05, 0) is 15.9 Å². The molecule has 0 aliphatic heterocycles. The Morgan fingerprint density at radius 2 is 2.55 bits per heavy atom. The standard InChI is InChI=1S/C6H7BrN2O2/c1-11-3-4-6(7)9-5(2-10)8-4/h2H,3H2,1H3,(H,8,9). The number of rotatable bonds is 3. The quantitative estimate of drug-likeness (QED) is 0.775. The van der Waals surface area contributed by atoms with Crippen molar-refractivity contribution in [3.05, 3.63) is 16.1 Å². The van der Waals surface area contributed by atoms with Crippen molar-refractivity contribution in [3.8, 4) is 0 Å². The molecule has 1 heterocycles. The smallest absolute Gasteiger partial charge is 0.185 e. The molecular formula is C6H7BrN2O2. The van der Waals surface area contributed by atoms with E-state index in [2.05, 4.69) is 25.9 Å². The number of imidazole rings is 1. The molecule has 0 unspecified atom stereocenters. The van der Waals surface area contributed by atoms with Gasteiger partial charge in [0.15, 0.2) is 12.1 Å². The van der Waals surface area contributed by atoms with Gasteiger partial charge in [0, 0.05) is 7.11 Å². The van der Waals surface area contributed by atoms with E-state index < -0.39 is 0 Å². The Bertz CT molecular complexity index is 259. The Morgan fingerprint density at radius 3 is 3.00 bits per heavy atom. The summed E-state index contributed by atoms with van der Waals surface area (Å²) in [6.07, 6.45) is 0.657. The molecule has 1 aromatic heterocycles. The van der Waals surface area contributed by atoms with Gasteiger partial charge in [0.2, 0.25) is 0 Å². The van der Waals surface area contributed by atoms with Crippen LogP contribution in [0, 0.1) is 0 Å². The molecular weight excluding hydrogens is 212 g/mol. The van der Waals surface area contributed by atoms with Crippen LogP contribution in [0.2, 0.25) is 0 Å². The second kappa shape index (κ2) is 3.64. The first-order chi connectivity index (χ1) is 5.27. The third-order valence-corrected chi connectivity index (χ3v) is 1.80. The molecule has 4 nitrogen and oxygen atoms in total. The third-order valence-electron chi connectivity index (χ3n) is 1.15. The number of carbonyl (C=O) groups is 1. The summed E-state index contributed by atoms with van der Waals surface area (Å²) < 4.78 is 5.48. The fourth-order valence-electron chi connectivity index (χ4n) is 0.703. The molecule has 0 bridgehead atoms. The van der Waals surface area contributed by atoms with Gasteiger partial charge in [-0.1, -0.05) is 0 Å². The highest BCUT2D eigenvalue weighted by molar-refractivity contribution is 9.10. The van der Waals surface area contributed by atoms with Crippen LogP contribution >= 0.6 is 15.9 Å². The van der Waals surface area contributed by atoms with Gasteiger partial charge in [-0.2, -0.15) is 0 Å². The van der Waals surface area contributed by atoms with Gasteiger partial charge in [-0.3, -0.25) is 4.79 Å². The number of H-pyrrole nitrogens is 1. The second-order valence-corrected chi connectivity index (χ2v) is 2.69. The SMILES string of the molecule is COCc1[nH]c(C=O)nc1Br. The lowest BCUT2D eigenvalue weighted by atomic mass is 10.5. The lowest BCUT2D eigenvalue weighted by Crippen LogP contribution is -1.88. The Balaban J connectivity index is 2.87. The zero-order chi connectivity index (χ0) is 8.27. The van der Waals surface area contributed by atoms with Crippen molar-refractivity contribution in [1.82, 2.24) is 9.97 Å². The maximum absolute atomic E-state index is 10.2. The molecule has 0 aliphatic carbocycles. The van der Waals surface area contributed by atoms with Crippen LogP contribution in [0.25, 0.3) is 0 Å². The number of methoxy groups -OCH3 is 1. The highest BCUT2D eigenvalue weighted by Gasteiger charge is 2.05. The van der Waals surface area contributed by atoms with E-state index in [1.165, 1.54) is 0 Å². The largest absolute Gasteiger partial charge is 0.378 e. The van der Waals surface area contributed by atoms with Gasteiger partial charge in [0.25, 0.3) is 0 Å². The maximum Gasteiger partial charge on any atom is 0.185 e. The molecule has 0 spiro atoms. The minimum atomic E-state index is 0.309. The van der Waals surface area contributed by atoms with E-state index in [-0.39, 0.29) is 0 Å². The molecule has 0 saturated heterocycles. The van der Waals surface area contributed by atoms with Crippen molar-refractivity contribution >= 4 is 22.2 Å². The van der Waals surface area contributed by atoms with Gasteiger partial charge < -0.3 is 9.72 Å². The Labute approximate surface area is 72.1 Å². The van der Waals surface area contributed by atoms with Crippen LogP contribution in [0.4, 0.5) is 0 Å². The summed E-state index contributed by atoms with van der Waals surface area (Å²) in [5.41, 5.74) is 0.773. The monoisotopic (exact) mass is 218 g/mol. The van der Waals surface area contributed by atoms with Gasteiger partial charge in [0.05, 0.1) is 12.3 Å². The number of aromatic nitrogens is 2. The normalized spacial score (nSPS) is 10.0. The topological polar surface area (TPSA) is 55.0 Å². The van der Waals surface area contributed by atoms with Gasteiger partial charge in [-0.25, -0.2) is 4.98 Å². The summed E-state index contributed by atoms with van der Waals surface area (Å²) >= 11 is 3.18. The van der Waals surface area contributed by atoms with Crippen LogP contribution in [0.1, 0.15) is 16.3 Å². The number of hydrogen-bond acceptors (Lipinski definition) is 3. The van der Waals surface area contributed by atoms with Gasteiger partial charge in [-0.15, -0.1) is 0 Å². The number of nitrogens with zero attached hydrogens (tertiary/aromatic N) is 1. The highest BCUT2D eigenvalue weighted by Crippen LogP contribution is 2.13. The van der Waals surface area contributed by atoms with E-state index in [0.717, 1.165) is 5.69 Å². The molecule has 1 N–H and O–H groups in total. The molecule has 0 aliphatic rings. The number of halogens is 1. The van der Waals surface area contributed by atoms with E-state index in [1.54, 1.807) is 7.11 Å². The summed E-state index contributed by atoms with van der Waals surface area (Å²) in [5.74, 6) is 0.309. The Hall–Kier alpha value is -0.680. The van der Waals surface area contributed by atoms with Crippen LogP contribution < -0.4 is 0 Å². The van der Waals surface area contributed by atoms with Crippen molar-refractivity contribution in [1.29, 1.82) is 0 Å². The van der Waals surface area contributed by atoms with E-state index in [4.69, 9.17) is 4.74 Å². The first-order valence-corrected chi connectivity index (χ1v) is 3.75. The summed E-state index contributed by atoms with van der Waals surface area (Å²) in [4.78, 5) is 16.9. The molecule has 0 aromatic carbocycles.